The molecule has 4 aromatic rings. The lowest BCUT2D eigenvalue weighted by Crippen LogP contribution is -2.30. The number of thiazole rings is 1. The largest absolute Gasteiger partial charge is 0.311 e. The minimum atomic E-state index is -0.407. The van der Waals surface area contributed by atoms with Crippen molar-refractivity contribution in [2.75, 3.05) is 22.1 Å². The molecule has 0 saturated heterocycles. The summed E-state index contributed by atoms with van der Waals surface area (Å²) in [5.74, 6) is -0.480. The molecule has 0 aliphatic carbocycles. The standard InChI is InChI=1S/C25H13Br4N3O3S2/c26-19-17-18(20(27)22(29)21(19)28)24(35)32(23(17)34)12-5-6-13-15(9-12)37-25(30-13)36-10-16(33)31-8-7-11-3-1-2-4-14(11)31/h1-6,9H,7-8,10H2. The Balaban J connectivity index is 1.24. The topological polar surface area (TPSA) is 70.6 Å². The molecule has 0 bridgehead atoms. The van der Waals surface area contributed by atoms with Gasteiger partial charge in [0, 0.05) is 30.1 Å². The van der Waals surface area contributed by atoms with Crippen LogP contribution in [0.25, 0.3) is 10.2 Å². The summed E-state index contributed by atoms with van der Waals surface area (Å²) in [6.07, 6.45) is 0.870. The van der Waals surface area contributed by atoms with Gasteiger partial charge in [0.05, 0.1) is 32.8 Å². The summed E-state index contributed by atoms with van der Waals surface area (Å²) in [6.45, 7) is 0.696. The van der Waals surface area contributed by atoms with Crippen molar-refractivity contribution < 1.29 is 14.4 Å². The fourth-order valence-electron chi connectivity index (χ4n) is 4.48. The molecule has 0 fully saturated rings. The molecule has 0 spiro atoms. The van der Waals surface area contributed by atoms with E-state index >= 15 is 0 Å². The molecule has 0 saturated carbocycles. The minimum absolute atomic E-state index is 0.0504. The lowest BCUT2D eigenvalue weighted by atomic mass is 10.1. The van der Waals surface area contributed by atoms with Crippen LogP contribution in [0.4, 0.5) is 11.4 Å². The maximum absolute atomic E-state index is 13.3. The quantitative estimate of drug-likeness (QED) is 0.0914. The Morgan fingerprint density at radius 2 is 1.62 bits per heavy atom. The van der Waals surface area contributed by atoms with Crippen LogP contribution in [-0.4, -0.2) is 35.0 Å². The molecule has 6 rings (SSSR count). The molecule has 37 heavy (non-hydrogen) atoms. The summed E-state index contributed by atoms with van der Waals surface area (Å²) in [6, 6.07) is 13.3. The highest BCUT2D eigenvalue weighted by Gasteiger charge is 2.42. The zero-order valence-corrected chi connectivity index (χ0v) is 26.5. The van der Waals surface area contributed by atoms with E-state index in [1.165, 1.54) is 33.6 Å². The molecule has 0 unspecified atom stereocenters. The number of fused-ring (bicyclic) bond motifs is 3. The van der Waals surface area contributed by atoms with Gasteiger partial charge in [0.15, 0.2) is 4.34 Å². The van der Waals surface area contributed by atoms with Crippen molar-refractivity contribution in [3.8, 4) is 0 Å². The van der Waals surface area contributed by atoms with Crippen molar-refractivity contribution in [2.45, 2.75) is 10.8 Å². The molecule has 2 aliphatic rings. The zero-order chi connectivity index (χ0) is 26.0. The number of aromatic nitrogens is 1. The van der Waals surface area contributed by atoms with Gasteiger partial charge in [-0.2, -0.15) is 0 Å². The summed E-state index contributed by atoms with van der Waals surface area (Å²) in [5.41, 5.74) is 4.00. The number of hydrogen-bond donors (Lipinski definition) is 0. The number of amides is 3. The van der Waals surface area contributed by atoms with E-state index in [9.17, 15) is 14.4 Å². The highest BCUT2D eigenvalue weighted by molar-refractivity contribution is 9.15. The van der Waals surface area contributed by atoms with Crippen molar-refractivity contribution in [2.24, 2.45) is 0 Å². The number of carbonyl (C=O) groups is 3. The Morgan fingerprint density at radius 1 is 0.946 bits per heavy atom. The van der Waals surface area contributed by atoms with Crippen LogP contribution in [0.1, 0.15) is 26.3 Å². The Bertz CT molecular complexity index is 1630. The van der Waals surface area contributed by atoms with Gasteiger partial charge in [-0.1, -0.05) is 30.0 Å². The first-order valence-electron chi connectivity index (χ1n) is 10.9. The number of thioether (sulfide) groups is 1. The molecule has 3 aromatic carbocycles. The molecule has 12 heteroatoms. The maximum Gasteiger partial charge on any atom is 0.267 e. The summed E-state index contributed by atoms with van der Waals surface area (Å²) in [5, 5.41) is 0. The molecule has 1 aromatic heterocycles. The minimum Gasteiger partial charge on any atom is -0.311 e. The van der Waals surface area contributed by atoms with E-state index in [0.717, 1.165) is 26.7 Å². The number of halogens is 4. The fourth-order valence-corrected chi connectivity index (χ4v) is 8.91. The molecule has 2 aliphatic heterocycles. The van der Waals surface area contributed by atoms with Gasteiger partial charge < -0.3 is 4.90 Å². The summed E-state index contributed by atoms with van der Waals surface area (Å²) in [4.78, 5) is 47.2. The highest BCUT2D eigenvalue weighted by atomic mass is 79.9. The number of imide groups is 1. The van der Waals surface area contributed by atoms with Gasteiger partial charge in [-0.05, 0) is 100.0 Å². The number of benzene rings is 3. The summed E-state index contributed by atoms with van der Waals surface area (Å²) < 4.78 is 3.91. The number of anilines is 2. The van der Waals surface area contributed by atoms with Crippen LogP contribution < -0.4 is 9.80 Å². The van der Waals surface area contributed by atoms with Gasteiger partial charge >= 0.3 is 0 Å². The number of nitrogens with zero attached hydrogens (tertiary/aromatic N) is 3. The average Bonchev–Trinajstić information content (AvgIpc) is 3.58. The molecule has 3 amide bonds. The van der Waals surface area contributed by atoms with Gasteiger partial charge in [0.1, 0.15) is 0 Å². The Morgan fingerprint density at radius 3 is 2.32 bits per heavy atom. The normalized spacial score (nSPS) is 14.6. The third-order valence-corrected chi connectivity index (χ3v) is 13.1. The molecular weight excluding hydrogens is 774 g/mol. The van der Waals surface area contributed by atoms with Crippen LogP contribution in [0, 0.1) is 0 Å². The van der Waals surface area contributed by atoms with Crippen LogP contribution in [0.15, 0.2) is 64.7 Å². The predicted octanol–water partition coefficient (Wildman–Crippen LogP) is 7.83. The van der Waals surface area contributed by atoms with Crippen molar-refractivity contribution in [1.29, 1.82) is 0 Å². The zero-order valence-electron chi connectivity index (χ0n) is 18.6. The maximum atomic E-state index is 13.3. The van der Waals surface area contributed by atoms with E-state index in [2.05, 4.69) is 74.8 Å². The van der Waals surface area contributed by atoms with E-state index in [1.54, 1.807) is 18.2 Å². The van der Waals surface area contributed by atoms with Crippen molar-refractivity contribution >= 4 is 126 Å². The first kappa shape index (κ1) is 25.7. The number of para-hydroxylation sites is 1. The third kappa shape index (κ3) is 4.24. The molecular formula is C25H13Br4N3O3S2. The van der Waals surface area contributed by atoms with Crippen molar-refractivity contribution in [1.82, 2.24) is 4.98 Å². The predicted molar refractivity (Wildman–Crippen MR) is 161 cm³/mol. The Labute approximate surface area is 253 Å². The first-order chi connectivity index (χ1) is 17.8. The van der Waals surface area contributed by atoms with Crippen LogP contribution >= 0.6 is 86.8 Å². The fraction of sp³-hybridized carbons (Fsp3) is 0.120. The molecule has 6 nitrogen and oxygen atoms in total. The van der Waals surface area contributed by atoms with Crippen molar-refractivity contribution in [3.05, 3.63) is 77.0 Å². The second-order valence-corrected chi connectivity index (χ2v) is 13.7. The van der Waals surface area contributed by atoms with Crippen LogP contribution in [0.5, 0.6) is 0 Å². The van der Waals surface area contributed by atoms with E-state index < -0.39 is 11.8 Å². The van der Waals surface area contributed by atoms with Crippen LogP contribution in [0.3, 0.4) is 0 Å². The number of hydrogen-bond acceptors (Lipinski definition) is 6. The average molecular weight is 787 g/mol. The molecule has 0 atom stereocenters. The number of rotatable bonds is 4. The second kappa shape index (κ2) is 9.87. The first-order valence-corrected chi connectivity index (χ1v) is 15.9. The number of carbonyl (C=O) groups excluding carboxylic acids is 3. The van der Waals surface area contributed by atoms with Crippen molar-refractivity contribution in [3.63, 3.8) is 0 Å². The van der Waals surface area contributed by atoms with Gasteiger partial charge in [0.25, 0.3) is 11.8 Å². The van der Waals surface area contributed by atoms with Gasteiger partial charge in [0.2, 0.25) is 5.91 Å². The molecule has 0 N–H and O–H groups in total. The molecule has 3 heterocycles. The van der Waals surface area contributed by atoms with Crippen LogP contribution in [-0.2, 0) is 11.2 Å². The van der Waals surface area contributed by atoms with Crippen LogP contribution in [0.2, 0.25) is 0 Å². The van der Waals surface area contributed by atoms with Gasteiger partial charge in [-0.15, -0.1) is 11.3 Å². The SMILES string of the molecule is O=C(CSc1nc2ccc(N3C(=O)c4c(Br)c(Br)c(Br)c(Br)c4C3=O)cc2s1)N1CCc2ccccc21. The van der Waals surface area contributed by atoms with E-state index in [0.29, 0.717) is 41.2 Å². The van der Waals surface area contributed by atoms with E-state index in [1.807, 2.05) is 23.1 Å². The lowest BCUT2D eigenvalue weighted by molar-refractivity contribution is -0.116. The van der Waals surface area contributed by atoms with E-state index in [4.69, 9.17) is 0 Å². The third-order valence-electron chi connectivity index (χ3n) is 6.22. The Kier molecular flexibility index (Phi) is 6.86. The van der Waals surface area contributed by atoms with Gasteiger partial charge in [-0.25, -0.2) is 9.88 Å². The Hall–Kier alpha value is -1.57. The lowest BCUT2D eigenvalue weighted by Gasteiger charge is -2.16. The highest BCUT2D eigenvalue weighted by Crippen LogP contribution is 2.46. The smallest absolute Gasteiger partial charge is 0.267 e. The molecule has 0 radical (unpaired) electrons. The monoisotopic (exact) mass is 783 g/mol. The summed E-state index contributed by atoms with van der Waals surface area (Å²) in [7, 11) is 0. The second-order valence-electron chi connectivity index (χ2n) is 8.30. The summed E-state index contributed by atoms with van der Waals surface area (Å²) >= 11 is 16.6. The van der Waals surface area contributed by atoms with E-state index in [-0.39, 0.29) is 11.7 Å². The molecule has 186 valence electrons. The van der Waals surface area contributed by atoms with Gasteiger partial charge in [-0.3, -0.25) is 14.4 Å².